The van der Waals surface area contributed by atoms with Crippen molar-refractivity contribution < 1.29 is 14.3 Å². The molecule has 2 N–H and O–H groups in total. The van der Waals surface area contributed by atoms with E-state index in [1.165, 1.54) is 0 Å². The second-order valence-electron chi connectivity index (χ2n) is 5.41. The Labute approximate surface area is 127 Å². The first kappa shape index (κ1) is 17.3. The molecule has 1 rings (SSSR count). The van der Waals surface area contributed by atoms with Gasteiger partial charge in [-0.1, -0.05) is 6.07 Å². The van der Waals surface area contributed by atoms with Crippen molar-refractivity contribution in [3.05, 3.63) is 23.8 Å². The van der Waals surface area contributed by atoms with Crippen LogP contribution in [0.4, 0.5) is 0 Å². The molecule has 1 amide bonds. The van der Waals surface area contributed by atoms with E-state index in [0.29, 0.717) is 18.0 Å². The van der Waals surface area contributed by atoms with Crippen LogP contribution in [-0.4, -0.2) is 40.3 Å². The fourth-order valence-electron chi connectivity index (χ4n) is 2.04. The molecule has 5 nitrogen and oxygen atoms in total. The molecule has 0 aromatic heterocycles. The normalized spacial score (nSPS) is 11.1. The van der Waals surface area contributed by atoms with Gasteiger partial charge in [0.05, 0.1) is 19.6 Å². The van der Waals surface area contributed by atoms with Gasteiger partial charge in [-0.2, -0.15) is 0 Å². The minimum atomic E-state index is -0.626. The van der Waals surface area contributed by atoms with Gasteiger partial charge in [0.15, 0.2) is 11.5 Å². The minimum Gasteiger partial charge on any atom is -0.493 e. The van der Waals surface area contributed by atoms with Crippen LogP contribution in [0.1, 0.15) is 25.8 Å². The number of carbonyl (C=O) groups is 1. The zero-order valence-corrected chi connectivity index (χ0v) is 13.6. The van der Waals surface area contributed by atoms with Crippen LogP contribution in [0.25, 0.3) is 0 Å². The summed E-state index contributed by atoms with van der Waals surface area (Å²) in [5.41, 5.74) is 0.269. The van der Waals surface area contributed by atoms with E-state index in [-0.39, 0.29) is 5.91 Å². The summed E-state index contributed by atoms with van der Waals surface area (Å²) in [6.07, 6.45) is 0.907. The lowest BCUT2D eigenvalue weighted by Crippen LogP contribution is -2.40. The van der Waals surface area contributed by atoms with Crippen LogP contribution in [0.2, 0.25) is 0 Å². The van der Waals surface area contributed by atoms with Gasteiger partial charge in [-0.15, -0.1) is 0 Å². The van der Waals surface area contributed by atoms with E-state index in [9.17, 15) is 4.79 Å². The molecule has 21 heavy (non-hydrogen) atoms. The van der Waals surface area contributed by atoms with Gasteiger partial charge in [0.2, 0.25) is 5.91 Å². The smallest absolute Gasteiger partial charge is 0.230 e. The van der Waals surface area contributed by atoms with Crippen molar-refractivity contribution in [3.63, 3.8) is 0 Å². The molecule has 0 spiro atoms. The largest absolute Gasteiger partial charge is 0.493 e. The summed E-state index contributed by atoms with van der Waals surface area (Å²) < 4.78 is 10.5. The van der Waals surface area contributed by atoms with Gasteiger partial charge in [0, 0.05) is 6.54 Å². The molecule has 118 valence electrons. The fraction of sp³-hybridized carbons (Fsp3) is 0.562. The molecular formula is C16H26N2O3. The summed E-state index contributed by atoms with van der Waals surface area (Å²) in [4.78, 5) is 12.4. The summed E-state index contributed by atoms with van der Waals surface area (Å²) in [6, 6.07) is 5.57. The Morgan fingerprint density at radius 1 is 1.14 bits per heavy atom. The van der Waals surface area contributed by atoms with Gasteiger partial charge < -0.3 is 20.1 Å². The average Bonchev–Trinajstić information content (AvgIpc) is 2.50. The SMILES string of the molecule is CNCCCNC(=O)C(C)(C)c1ccc(OC)c(OC)c1. The molecule has 0 saturated carbocycles. The minimum absolute atomic E-state index is 0.00539. The monoisotopic (exact) mass is 294 g/mol. The zero-order chi connectivity index (χ0) is 15.9. The van der Waals surface area contributed by atoms with E-state index in [0.717, 1.165) is 18.5 Å². The molecule has 0 aliphatic heterocycles. The predicted molar refractivity (Wildman–Crippen MR) is 84.1 cm³/mol. The molecule has 0 aliphatic carbocycles. The number of hydrogen-bond acceptors (Lipinski definition) is 4. The molecule has 0 heterocycles. The fourth-order valence-corrected chi connectivity index (χ4v) is 2.04. The highest BCUT2D eigenvalue weighted by Crippen LogP contribution is 2.33. The molecule has 1 aromatic rings. The first-order valence-corrected chi connectivity index (χ1v) is 7.12. The average molecular weight is 294 g/mol. The van der Waals surface area contributed by atoms with Crippen LogP contribution < -0.4 is 20.1 Å². The van der Waals surface area contributed by atoms with Crippen LogP contribution in [0, 0.1) is 0 Å². The summed E-state index contributed by atoms with van der Waals surface area (Å²) in [5, 5.41) is 6.03. The van der Waals surface area contributed by atoms with Gasteiger partial charge in [0.25, 0.3) is 0 Å². The predicted octanol–water partition coefficient (Wildman–Crippen LogP) is 1.71. The number of amides is 1. The van der Waals surface area contributed by atoms with E-state index < -0.39 is 5.41 Å². The van der Waals surface area contributed by atoms with E-state index in [1.54, 1.807) is 14.2 Å². The van der Waals surface area contributed by atoms with Crippen LogP contribution in [-0.2, 0) is 10.2 Å². The van der Waals surface area contributed by atoms with Crippen molar-refractivity contribution in [2.24, 2.45) is 0 Å². The third kappa shape index (κ3) is 4.36. The first-order chi connectivity index (χ1) is 9.97. The quantitative estimate of drug-likeness (QED) is 0.717. The third-order valence-corrected chi connectivity index (χ3v) is 3.56. The number of carbonyl (C=O) groups excluding carboxylic acids is 1. The summed E-state index contributed by atoms with van der Waals surface area (Å²) >= 11 is 0. The highest BCUT2D eigenvalue weighted by molar-refractivity contribution is 5.87. The third-order valence-electron chi connectivity index (χ3n) is 3.56. The molecule has 1 aromatic carbocycles. The lowest BCUT2D eigenvalue weighted by atomic mass is 9.83. The number of methoxy groups -OCH3 is 2. The van der Waals surface area contributed by atoms with Gasteiger partial charge in [0.1, 0.15) is 0 Å². The Bertz CT molecular complexity index is 473. The maximum atomic E-state index is 12.4. The van der Waals surface area contributed by atoms with Crippen LogP contribution in [0.15, 0.2) is 18.2 Å². The van der Waals surface area contributed by atoms with Gasteiger partial charge >= 0.3 is 0 Å². The number of ether oxygens (including phenoxy) is 2. The number of rotatable bonds is 8. The summed E-state index contributed by atoms with van der Waals surface area (Å²) in [6.45, 7) is 5.36. The maximum Gasteiger partial charge on any atom is 0.230 e. The Kier molecular flexibility index (Phi) is 6.49. The Balaban J connectivity index is 2.83. The molecular weight excluding hydrogens is 268 g/mol. The van der Waals surface area contributed by atoms with Gasteiger partial charge in [-0.3, -0.25) is 4.79 Å². The number of hydrogen-bond donors (Lipinski definition) is 2. The molecule has 0 radical (unpaired) electrons. The van der Waals surface area contributed by atoms with Crippen molar-refractivity contribution in [1.29, 1.82) is 0 Å². The van der Waals surface area contributed by atoms with Crippen molar-refractivity contribution >= 4 is 5.91 Å². The number of benzene rings is 1. The van der Waals surface area contributed by atoms with Gasteiger partial charge in [-0.05, 0) is 51.6 Å². The number of nitrogens with one attached hydrogen (secondary N) is 2. The molecule has 0 atom stereocenters. The van der Waals surface area contributed by atoms with Crippen molar-refractivity contribution in [2.45, 2.75) is 25.7 Å². The second-order valence-corrected chi connectivity index (χ2v) is 5.41. The molecule has 0 saturated heterocycles. The maximum absolute atomic E-state index is 12.4. The van der Waals surface area contributed by atoms with E-state index >= 15 is 0 Å². The second kappa shape index (κ2) is 7.88. The first-order valence-electron chi connectivity index (χ1n) is 7.12. The van der Waals surface area contributed by atoms with Gasteiger partial charge in [-0.25, -0.2) is 0 Å². The highest BCUT2D eigenvalue weighted by atomic mass is 16.5. The van der Waals surface area contributed by atoms with Crippen molar-refractivity contribution in [2.75, 3.05) is 34.4 Å². The van der Waals surface area contributed by atoms with Crippen molar-refractivity contribution in [1.82, 2.24) is 10.6 Å². The Hall–Kier alpha value is -1.75. The Morgan fingerprint density at radius 2 is 1.81 bits per heavy atom. The van der Waals surface area contributed by atoms with E-state index in [4.69, 9.17) is 9.47 Å². The lowest BCUT2D eigenvalue weighted by Gasteiger charge is -2.25. The summed E-state index contributed by atoms with van der Waals surface area (Å²) in [5.74, 6) is 1.29. The molecule has 0 aliphatic rings. The van der Waals surface area contributed by atoms with Crippen LogP contribution in [0.5, 0.6) is 11.5 Å². The molecule has 0 bridgehead atoms. The highest BCUT2D eigenvalue weighted by Gasteiger charge is 2.30. The molecule has 0 unspecified atom stereocenters. The van der Waals surface area contributed by atoms with E-state index in [1.807, 2.05) is 39.1 Å². The lowest BCUT2D eigenvalue weighted by molar-refractivity contribution is -0.125. The van der Waals surface area contributed by atoms with Crippen LogP contribution in [0.3, 0.4) is 0 Å². The Morgan fingerprint density at radius 3 is 2.38 bits per heavy atom. The zero-order valence-electron chi connectivity index (χ0n) is 13.6. The summed E-state index contributed by atoms with van der Waals surface area (Å²) in [7, 11) is 5.08. The van der Waals surface area contributed by atoms with E-state index in [2.05, 4.69) is 10.6 Å². The van der Waals surface area contributed by atoms with Crippen molar-refractivity contribution in [3.8, 4) is 11.5 Å². The topological polar surface area (TPSA) is 59.6 Å². The standard InChI is InChI=1S/C16H26N2O3/c1-16(2,15(19)18-10-6-9-17-3)12-7-8-13(20-4)14(11-12)21-5/h7-8,11,17H,6,9-10H2,1-5H3,(H,18,19). The molecule has 0 fully saturated rings. The van der Waals surface area contributed by atoms with Crippen LogP contribution >= 0.6 is 0 Å². The molecule has 5 heteroatoms.